The van der Waals surface area contributed by atoms with Gasteiger partial charge >= 0.3 is 0 Å². The Kier molecular flexibility index (Phi) is 5.00. The molecule has 0 saturated carbocycles. The molecule has 1 unspecified atom stereocenters. The van der Waals surface area contributed by atoms with Gasteiger partial charge in [0.05, 0.1) is 6.61 Å². The van der Waals surface area contributed by atoms with Crippen molar-refractivity contribution in [2.45, 2.75) is 33.6 Å². The molecule has 2 rings (SSSR count). The van der Waals surface area contributed by atoms with Crippen molar-refractivity contribution in [1.29, 1.82) is 0 Å². The van der Waals surface area contributed by atoms with Crippen LogP contribution >= 0.6 is 0 Å². The summed E-state index contributed by atoms with van der Waals surface area (Å²) in [5, 5.41) is 3.63. The minimum atomic E-state index is 0.293. The van der Waals surface area contributed by atoms with Crippen LogP contribution < -0.4 is 5.32 Å². The fraction of sp³-hybridized carbons (Fsp3) is 0.647. The average Bonchev–Trinajstić information content (AvgIpc) is 2.81. The lowest BCUT2D eigenvalue weighted by Gasteiger charge is -2.29. The molecule has 1 aliphatic heterocycles. The summed E-state index contributed by atoms with van der Waals surface area (Å²) in [7, 11) is 0. The normalized spacial score (nSPS) is 23.2. The second-order valence-electron chi connectivity index (χ2n) is 6.43. The van der Waals surface area contributed by atoms with E-state index in [1.54, 1.807) is 0 Å². The first kappa shape index (κ1) is 14.5. The minimum absolute atomic E-state index is 0.293. The lowest BCUT2D eigenvalue weighted by Crippen LogP contribution is -2.38. The highest BCUT2D eigenvalue weighted by Gasteiger charge is 2.35. The molecule has 1 aromatic carbocycles. The van der Waals surface area contributed by atoms with Gasteiger partial charge in [-0.15, -0.1) is 0 Å². The van der Waals surface area contributed by atoms with Gasteiger partial charge in [-0.2, -0.15) is 0 Å². The molecule has 0 amide bonds. The molecular weight excluding hydrogens is 234 g/mol. The summed E-state index contributed by atoms with van der Waals surface area (Å²) in [4.78, 5) is 0. The molecule has 0 aromatic heterocycles. The molecule has 1 saturated heterocycles. The molecule has 1 N–H and O–H groups in total. The van der Waals surface area contributed by atoms with Crippen LogP contribution in [0.3, 0.4) is 0 Å². The Labute approximate surface area is 117 Å². The highest BCUT2D eigenvalue weighted by atomic mass is 16.5. The van der Waals surface area contributed by atoms with E-state index in [4.69, 9.17) is 4.74 Å². The first-order valence-electron chi connectivity index (χ1n) is 7.44. The smallest absolute Gasteiger partial charge is 0.0538 e. The third kappa shape index (κ3) is 4.05. The van der Waals surface area contributed by atoms with Crippen LogP contribution in [-0.2, 0) is 11.2 Å². The van der Waals surface area contributed by atoms with Gasteiger partial charge < -0.3 is 10.1 Å². The molecule has 0 bridgehead atoms. The lowest BCUT2D eigenvalue weighted by atomic mass is 9.80. The quantitative estimate of drug-likeness (QED) is 0.849. The summed E-state index contributed by atoms with van der Waals surface area (Å²) in [5.41, 5.74) is 3.16. The van der Waals surface area contributed by atoms with Gasteiger partial charge in [0.15, 0.2) is 0 Å². The maximum Gasteiger partial charge on any atom is 0.0538 e. The van der Waals surface area contributed by atoms with Gasteiger partial charge in [-0.3, -0.25) is 0 Å². The van der Waals surface area contributed by atoms with Gasteiger partial charge in [-0.1, -0.05) is 38.1 Å². The maximum atomic E-state index is 5.69. The number of ether oxygens (including phenoxy) is 1. The topological polar surface area (TPSA) is 21.3 Å². The predicted octanol–water partition coefficient (Wildman–Crippen LogP) is 3.19. The van der Waals surface area contributed by atoms with E-state index in [1.165, 1.54) is 17.5 Å². The molecule has 0 spiro atoms. The van der Waals surface area contributed by atoms with E-state index in [1.807, 2.05) is 0 Å². The summed E-state index contributed by atoms with van der Waals surface area (Å²) in [5.74, 6) is 0.706. The van der Waals surface area contributed by atoms with E-state index in [9.17, 15) is 0 Å². The van der Waals surface area contributed by atoms with Crippen LogP contribution in [-0.4, -0.2) is 26.3 Å². The average molecular weight is 261 g/mol. The van der Waals surface area contributed by atoms with Crippen molar-refractivity contribution in [3.8, 4) is 0 Å². The lowest BCUT2D eigenvalue weighted by molar-refractivity contribution is 0.148. The first-order chi connectivity index (χ1) is 9.11. The highest BCUT2D eigenvalue weighted by molar-refractivity contribution is 5.27. The van der Waals surface area contributed by atoms with Crippen molar-refractivity contribution in [2.24, 2.45) is 11.3 Å². The molecule has 1 aromatic rings. The van der Waals surface area contributed by atoms with Crippen molar-refractivity contribution in [1.82, 2.24) is 5.32 Å². The number of nitrogens with one attached hydrogen (secondary N) is 1. The second kappa shape index (κ2) is 6.53. The highest BCUT2D eigenvalue weighted by Crippen LogP contribution is 2.33. The molecule has 1 atom stereocenters. The number of aryl methyl sites for hydroxylation is 1. The molecule has 0 radical (unpaired) electrons. The van der Waals surface area contributed by atoms with Gasteiger partial charge in [0.25, 0.3) is 0 Å². The molecule has 2 nitrogen and oxygen atoms in total. The first-order valence-corrected chi connectivity index (χ1v) is 7.44. The summed E-state index contributed by atoms with van der Waals surface area (Å²) in [6.45, 7) is 10.7. The molecule has 19 heavy (non-hydrogen) atoms. The maximum absolute atomic E-state index is 5.69. The van der Waals surface area contributed by atoms with Crippen LogP contribution in [0.1, 0.15) is 31.4 Å². The van der Waals surface area contributed by atoms with Crippen molar-refractivity contribution >= 4 is 0 Å². The number of hydrogen-bond donors (Lipinski definition) is 1. The summed E-state index contributed by atoms with van der Waals surface area (Å²) in [6, 6.07) is 8.74. The Morgan fingerprint density at radius 2 is 2.11 bits per heavy atom. The van der Waals surface area contributed by atoms with E-state index in [2.05, 4.69) is 50.4 Å². The number of hydrogen-bond acceptors (Lipinski definition) is 2. The van der Waals surface area contributed by atoms with Crippen molar-refractivity contribution in [3.63, 3.8) is 0 Å². The predicted molar refractivity (Wildman–Crippen MR) is 80.5 cm³/mol. The van der Waals surface area contributed by atoms with Crippen LogP contribution in [0.5, 0.6) is 0 Å². The number of benzene rings is 1. The van der Waals surface area contributed by atoms with E-state index in [0.717, 1.165) is 32.7 Å². The largest absolute Gasteiger partial charge is 0.381 e. The van der Waals surface area contributed by atoms with Gasteiger partial charge in [0, 0.05) is 18.6 Å². The van der Waals surface area contributed by atoms with Crippen molar-refractivity contribution < 1.29 is 4.74 Å². The van der Waals surface area contributed by atoms with Crippen molar-refractivity contribution in [3.05, 3.63) is 35.4 Å². The zero-order valence-corrected chi connectivity index (χ0v) is 12.5. The second-order valence-corrected chi connectivity index (χ2v) is 6.43. The zero-order chi connectivity index (χ0) is 13.7. The molecule has 0 aliphatic carbocycles. The van der Waals surface area contributed by atoms with Crippen LogP contribution in [0.25, 0.3) is 0 Å². The summed E-state index contributed by atoms with van der Waals surface area (Å²) in [6.07, 6.45) is 2.30. The minimum Gasteiger partial charge on any atom is -0.381 e. The van der Waals surface area contributed by atoms with Gasteiger partial charge in [0.1, 0.15) is 0 Å². The number of rotatable bonds is 6. The Morgan fingerprint density at radius 3 is 2.74 bits per heavy atom. The van der Waals surface area contributed by atoms with Gasteiger partial charge in [-0.05, 0) is 43.4 Å². The summed E-state index contributed by atoms with van der Waals surface area (Å²) >= 11 is 0. The Morgan fingerprint density at radius 1 is 1.32 bits per heavy atom. The Hall–Kier alpha value is -0.860. The summed E-state index contributed by atoms with van der Waals surface area (Å²) < 4.78 is 5.69. The van der Waals surface area contributed by atoms with Crippen LogP contribution in [0.2, 0.25) is 0 Å². The van der Waals surface area contributed by atoms with Crippen molar-refractivity contribution in [2.75, 3.05) is 26.3 Å². The molecule has 2 heteroatoms. The zero-order valence-electron chi connectivity index (χ0n) is 12.5. The monoisotopic (exact) mass is 261 g/mol. The fourth-order valence-corrected chi connectivity index (χ4v) is 2.83. The third-order valence-corrected chi connectivity index (χ3v) is 4.06. The Balaban J connectivity index is 2.01. The SMILES string of the molecule is Cc1ccccc1CC1(CNCC(C)C)CCOC1. The van der Waals surface area contributed by atoms with E-state index < -0.39 is 0 Å². The van der Waals surface area contributed by atoms with Gasteiger partial charge in [0.2, 0.25) is 0 Å². The van der Waals surface area contributed by atoms with Crippen LogP contribution in [0, 0.1) is 18.3 Å². The fourth-order valence-electron chi connectivity index (χ4n) is 2.83. The van der Waals surface area contributed by atoms with E-state index >= 15 is 0 Å². The molecule has 1 fully saturated rings. The molecular formula is C17H27NO. The standard InChI is InChI=1S/C17H27NO/c1-14(2)11-18-12-17(8-9-19-13-17)10-16-7-5-4-6-15(16)3/h4-7,14,18H,8-13H2,1-3H3. The Bertz CT molecular complexity index is 394. The van der Waals surface area contributed by atoms with Crippen LogP contribution in [0.15, 0.2) is 24.3 Å². The molecule has 1 heterocycles. The molecule has 1 aliphatic rings. The third-order valence-electron chi connectivity index (χ3n) is 4.06. The molecule has 106 valence electrons. The van der Waals surface area contributed by atoms with Crippen LogP contribution in [0.4, 0.5) is 0 Å². The van der Waals surface area contributed by atoms with E-state index in [0.29, 0.717) is 11.3 Å². The van der Waals surface area contributed by atoms with E-state index in [-0.39, 0.29) is 0 Å². The van der Waals surface area contributed by atoms with Gasteiger partial charge in [-0.25, -0.2) is 0 Å².